The van der Waals surface area contributed by atoms with E-state index in [0.717, 1.165) is 24.9 Å². The van der Waals surface area contributed by atoms with Gasteiger partial charge in [0, 0.05) is 18.8 Å². The molecule has 5 nitrogen and oxygen atoms in total. The normalized spacial score (nSPS) is 30.1. The Balaban J connectivity index is 1.71. The number of hydrogen-bond donors (Lipinski definition) is 2. The largest absolute Gasteiger partial charge is 0.481 e. The summed E-state index contributed by atoms with van der Waals surface area (Å²) in [7, 11) is 1.70. The molecule has 4 atom stereocenters. The van der Waals surface area contributed by atoms with Crippen LogP contribution < -0.4 is 10.2 Å². The highest BCUT2D eigenvalue weighted by Gasteiger charge is 2.51. The summed E-state index contributed by atoms with van der Waals surface area (Å²) in [6.07, 6.45) is 2.92. The molecule has 3 rings (SSSR count). The first-order valence-corrected chi connectivity index (χ1v) is 7.40. The van der Waals surface area contributed by atoms with E-state index in [9.17, 15) is 14.7 Å². The number of anilines is 1. The fraction of sp³-hybridized carbons (Fsp3) is 0.500. The number of fused-ring (bicyclic) bond motifs is 2. The van der Waals surface area contributed by atoms with Crippen molar-refractivity contribution in [3.05, 3.63) is 30.3 Å². The van der Waals surface area contributed by atoms with Gasteiger partial charge in [-0.25, -0.2) is 4.79 Å². The first-order chi connectivity index (χ1) is 10.1. The molecular formula is C16H20N2O3. The number of benzene rings is 1. The highest BCUT2D eigenvalue weighted by atomic mass is 16.4. The van der Waals surface area contributed by atoms with Gasteiger partial charge in [-0.15, -0.1) is 0 Å². The molecule has 0 spiro atoms. The molecule has 2 saturated carbocycles. The van der Waals surface area contributed by atoms with E-state index in [4.69, 9.17) is 0 Å². The van der Waals surface area contributed by atoms with E-state index in [1.807, 2.05) is 30.3 Å². The number of urea groups is 1. The molecule has 112 valence electrons. The van der Waals surface area contributed by atoms with E-state index in [1.165, 1.54) is 4.90 Å². The molecule has 2 fully saturated rings. The van der Waals surface area contributed by atoms with Gasteiger partial charge in [-0.2, -0.15) is 0 Å². The van der Waals surface area contributed by atoms with Crippen molar-refractivity contribution in [3.8, 4) is 0 Å². The molecule has 2 aliphatic carbocycles. The monoisotopic (exact) mass is 288 g/mol. The van der Waals surface area contributed by atoms with E-state index in [-0.39, 0.29) is 18.0 Å². The van der Waals surface area contributed by atoms with Crippen molar-refractivity contribution in [3.63, 3.8) is 0 Å². The SMILES string of the molecule is CN(C(=O)NC1C2CCC(C2)C1C(=O)O)c1ccccc1. The van der Waals surface area contributed by atoms with Gasteiger partial charge in [0.2, 0.25) is 0 Å². The van der Waals surface area contributed by atoms with E-state index in [0.29, 0.717) is 5.92 Å². The Hall–Kier alpha value is -2.04. The van der Waals surface area contributed by atoms with Crippen molar-refractivity contribution in [2.45, 2.75) is 25.3 Å². The van der Waals surface area contributed by atoms with E-state index >= 15 is 0 Å². The fourth-order valence-electron chi connectivity index (χ4n) is 3.86. The minimum absolute atomic E-state index is 0.222. The lowest BCUT2D eigenvalue weighted by molar-refractivity contribution is -0.144. The standard InChI is InChI=1S/C16H20N2O3/c1-18(12-5-3-2-4-6-12)16(21)17-14-11-8-7-10(9-11)13(14)15(19)20/h2-6,10-11,13-14H,7-9H2,1H3,(H,17,21)(H,19,20). The summed E-state index contributed by atoms with van der Waals surface area (Å²) in [6, 6.07) is 8.88. The fourth-order valence-corrected chi connectivity index (χ4v) is 3.86. The van der Waals surface area contributed by atoms with Crippen LogP contribution in [0.25, 0.3) is 0 Å². The van der Waals surface area contributed by atoms with Crippen LogP contribution in [0.2, 0.25) is 0 Å². The van der Waals surface area contributed by atoms with Crippen LogP contribution in [0.3, 0.4) is 0 Å². The van der Waals surface area contributed by atoms with Crippen molar-refractivity contribution in [2.75, 3.05) is 11.9 Å². The van der Waals surface area contributed by atoms with Crippen LogP contribution in [-0.4, -0.2) is 30.2 Å². The summed E-state index contributed by atoms with van der Waals surface area (Å²) < 4.78 is 0. The topological polar surface area (TPSA) is 69.6 Å². The number of hydrogen-bond acceptors (Lipinski definition) is 2. The Morgan fingerprint density at radius 1 is 1.19 bits per heavy atom. The van der Waals surface area contributed by atoms with Crippen molar-refractivity contribution in [1.29, 1.82) is 0 Å². The second-order valence-electron chi connectivity index (χ2n) is 6.07. The maximum Gasteiger partial charge on any atom is 0.321 e. The molecular weight excluding hydrogens is 268 g/mol. The lowest BCUT2D eigenvalue weighted by Gasteiger charge is -2.30. The molecule has 0 radical (unpaired) electrons. The Bertz CT molecular complexity index is 546. The predicted molar refractivity (Wildman–Crippen MR) is 79.1 cm³/mol. The quantitative estimate of drug-likeness (QED) is 0.897. The Labute approximate surface area is 123 Å². The molecule has 0 aromatic heterocycles. The molecule has 0 heterocycles. The first-order valence-electron chi connectivity index (χ1n) is 7.40. The number of amides is 2. The van der Waals surface area contributed by atoms with Crippen molar-refractivity contribution >= 4 is 17.7 Å². The Morgan fingerprint density at radius 3 is 2.52 bits per heavy atom. The molecule has 4 unspecified atom stereocenters. The zero-order chi connectivity index (χ0) is 15.0. The summed E-state index contributed by atoms with van der Waals surface area (Å²) >= 11 is 0. The van der Waals surface area contributed by atoms with Crippen molar-refractivity contribution < 1.29 is 14.7 Å². The van der Waals surface area contributed by atoms with E-state index in [2.05, 4.69) is 5.32 Å². The number of para-hydroxylation sites is 1. The average molecular weight is 288 g/mol. The number of rotatable bonds is 3. The second-order valence-corrected chi connectivity index (χ2v) is 6.07. The summed E-state index contributed by atoms with van der Waals surface area (Å²) in [6.45, 7) is 0. The first kappa shape index (κ1) is 13.9. The maximum atomic E-state index is 12.4. The zero-order valence-corrected chi connectivity index (χ0v) is 12.0. The van der Waals surface area contributed by atoms with Crippen molar-refractivity contribution in [2.24, 2.45) is 17.8 Å². The zero-order valence-electron chi connectivity index (χ0n) is 12.0. The molecule has 2 amide bonds. The van der Waals surface area contributed by atoms with Crippen molar-refractivity contribution in [1.82, 2.24) is 5.32 Å². The van der Waals surface area contributed by atoms with Gasteiger partial charge in [-0.05, 0) is 43.2 Å². The number of carboxylic acids is 1. The maximum absolute atomic E-state index is 12.4. The predicted octanol–water partition coefficient (Wildman–Crippen LogP) is 2.33. The van der Waals surface area contributed by atoms with Crippen LogP contribution in [0, 0.1) is 17.8 Å². The molecule has 5 heteroatoms. The van der Waals surface area contributed by atoms with Gasteiger partial charge in [0.25, 0.3) is 0 Å². The van der Waals surface area contributed by atoms with Crippen LogP contribution in [-0.2, 0) is 4.79 Å². The van der Waals surface area contributed by atoms with Crippen LogP contribution in [0.4, 0.5) is 10.5 Å². The molecule has 21 heavy (non-hydrogen) atoms. The van der Waals surface area contributed by atoms with E-state index < -0.39 is 11.9 Å². The van der Waals surface area contributed by atoms with Gasteiger partial charge >= 0.3 is 12.0 Å². The lowest BCUT2D eigenvalue weighted by atomic mass is 9.84. The molecule has 2 aliphatic rings. The number of nitrogens with one attached hydrogen (secondary N) is 1. The second kappa shape index (κ2) is 5.39. The van der Waals surface area contributed by atoms with Crippen LogP contribution in [0.15, 0.2) is 30.3 Å². The van der Waals surface area contributed by atoms with Gasteiger partial charge in [-0.3, -0.25) is 9.69 Å². The minimum atomic E-state index is -0.783. The number of carbonyl (C=O) groups is 2. The Morgan fingerprint density at radius 2 is 1.86 bits per heavy atom. The van der Waals surface area contributed by atoms with Gasteiger partial charge < -0.3 is 10.4 Å². The van der Waals surface area contributed by atoms with Gasteiger partial charge in [-0.1, -0.05) is 18.2 Å². The van der Waals surface area contributed by atoms with Gasteiger partial charge in [0.05, 0.1) is 5.92 Å². The average Bonchev–Trinajstić information content (AvgIpc) is 3.08. The Kier molecular flexibility index (Phi) is 3.57. The molecule has 0 aliphatic heterocycles. The number of nitrogens with zero attached hydrogens (tertiary/aromatic N) is 1. The summed E-state index contributed by atoms with van der Waals surface area (Å²) in [4.78, 5) is 25.4. The smallest absolute Gasteiger partial charge is 0.321 e. The number of carbonyl (C=O) groups excluding carboxylic acids is 1. The van der Waals surface area contributed by atoms with Crippen LogP contribution in [0.1, 0.15) is 19.3 Å². The lowest BCUT2D eigenvalue weighted by Crippen LogP contribution is -2.50. The minimum Gasteiger partial charge on any atom is -0.481 e. The number of aliphatic carboxylic acids is 1. The van der Waals surface area contributed by atoms with Gasteiger partial charge in [0.1, 0.15) is 0 Å². The molecule has 2 N–H and O–H groups in total. The highest BCUT2D eigenvalue weighted by molar-refractivity contribution is 5.92. The summed E-state index contributed by atoms with van der Waals surface area (Å²) in [5, 5.41) is 12.4. The third-order valence-electron chi connectivity index (χ3n) is 4.94. The molecule has 0 saturated heterocycles. The van der Waals surface area contributed by atoms with Crippen LogP contribution >= 0.6 is 0 Å². The molecule has 1 aromatic rings. The summed E-state index contributed by atoms with van der Waals surface area (Å²) in [5.74, 6) is -0.684. The summed E-state index contributed by atoms with van der Waals surface area (Å²) in [5.41, 5.74) is 0.796. The van der Waals surface area contributed by atoms with Gasteiger partial charge in [0.15, 0.2) is 0 Å². The molecule has 2 bridgehead atoms. The van der Waals surface area contributed by atoms with E-state index in [1.54, 1.807) is 7.05 Å². The number of carboxylic acid groups (broad SMARTS) is 1. The molecule has 1 aromatic carbocycles. The third kappa shape index (κ3) is 2.48. The third-order valence-corrected chi connectivity index (χ3v) is 4.94. The highest BCUT2D eigenvalue weighted by Crippen LogP contribution is 2.48. The van der Waals surface area contributed by atoms with Crippen LogP contribution in [0.5, 0.6) is 0 Å².